The lowest BCUT2D eigenvalue weighted by Crippen LogP contribution is -2.29. The first-order valence-electron chi connectivity index (χ1n) is 8.45. The van der Waals surface area contributed by atoms with E-state index in [0.717, 1.165) is 13.0 Å². The second kappa shape index (κ2) is 9.59. The summed E-state index contributed by atoms with van der Waals surface area (Å²) >= 11 is 0. The van der Waals surface area contributed by atoms with Crippen molar-refractivity contribution < 1.29 is 0 Å². The number of hydrogen-bond acceptors (Lipinski definition) is 1. The lowest BCUT2D eigenvalue weighted by Gasteiger charge is -2.26. The number of unbranched alkanes of at least 4 members (excludes halogenated alkanes) is 1. The van der Waals surface area contributed by atoms with E-state index >= 15 is 0 Å². The van der Waals surface area contributed by atoms with Gasteiger partial charge in [-0.05, 0) is 19.9 Å². The molecule has 2 N–H and O–H groups in total. The van der Waals surface area contributed by atoms with E-state index in [0.29, 0.717) is 0 Å². The first-order chi connectivity index (χ1) is 9.71. The van der Waals surface area contributed by atoms with Crippen LogP contribution in [0.2, 0.25) is 38.3 Å². The molecule has 0 unspecified atom stereocenters. The van der Waals surface area contributed by atoms with Gasteiger partial charge in [-0.1, -0.05) is 93.2 Å². The predicted molar refractivity (Wildman–Crippen MR) is 105 cm³/mol. The Kier molecular flexibility index (Phi) is 9.42. The second-order valence-corrected chi connectivity index (χ2v) is 17.1. The van der Waals surface area contributed by atoms with Crippen molar-refractivity contribution in [3.8, 4) is 0 Å². The molecule has 0 aromatic carbocycles. The molecule has 0 saturated heterocycles. The lowest BCUT2D eigenvalue weighted by molar-refractivity contribution is 0.869. The maximum Gasteiger partial charge on any atom is 0.0802 e. The fourth-order valence-electron chi connectivity index (χ4n) is 2.60. The van der Waals surface area contributed by atoms with Gasteiger partial charge in [0, 0.05) is 0 Å². The van der Waals surface area contributed by atoms with Crippen LogP contribution in [-0.4, -0.2) is 22.7 Å². The highest BCUT2D eigenvalue weighted by molar-refractivity contribution is 6.85. The maximum absolute atomic E-state index is 5.65. The minimum atomic E-state index is -1.36. The highest BCUT2D eigenvalue weighted by Gasteiger charge is 2.25. The fraction of sp³-hybridized carbons (Fsp3) is 0.667. The van der Waals surface area contributed by atoms with Gasteiger partial charge in [-0.2, -0.15) is 0 Å². The largest absolute Gasteiger partial charge is 0.330 e. The third kappa shape index (κ3) is 7.43. The van der Waals surface area contributed by atoms with Crippen LogP contribution in [0.1, 0.15) is 33.1 Å². The van der Waals surface area contributed by atoms with Crippen molar-refractivity contribution >= 4 is 16.1 Å². The van der Waals surface area contributed by atoms with Crippen LogP contribution in [0.3, 0.4) is 0 Å². The molecular weight excluding hydrogens is 286 g/mol. The molecule has 3 heteroatoms. The Morgan fingerprint density at radius 3 is 2.05 bits per heavy atom. The Balaban J connectivity index is 4.86. The van der Waals surface area contributed by atoms with E-state index in [4.69, 9.17) is 5.73 Å². The van der Waals surface area contributed by atoms with Crippen LogP contribution in [-0.2, 0) is 0 Å². The molecule has 0 amide bonds. The molecule has 1 nitrogen and oxygen atoms in total. The van der Waals surface area contributed by atoms with E-state index in [1.807, 2.05) is 0 Å². The smallest absolute Gasteiger partial charge is 0.0802 e. The van der Waals surface area contributed by atoms with Crippen molar-refractivity contribution in [2.75, 3.05) is 6.54 Å². The molecule has 0 aliphatic heterocycles. The van der Waals surface area contributed by atoms with E-state index in [1.54, 1.807) is 5.20 Å². The molecule has 0 aliphatic rings. The molecule has 0 saturated carbocycles. The summed E-state index contributed by atoms with van der Waals surface area (Å²) in [5.41, 5.74) is 5.65. The summed E-state index contributed by atoms with van der Waals surface area (Å²) in [4.78, 5) is 0. The molecule has 0 aromatic rings. The Bertz CT molecular complexity index is 379. The second-order valence-electron chi connectivity index (χ2n) is 7.37. The zero-order chi connectivity index (χ0) is 16.5. The van der Waals surface area contributed by atoms with Gasteiger partial charge >= 0.3 is 0 Å². The average Bonchev–Trinajstić information content (AvgIpc) is 2.43. The zero-order valence-corrected chi connectivity index (χ0v) is 17.3. The van der Waals surface area contributed by atoms with Crippen molar-refractivity contribution in [1.29, 1.82) is 0 Å². The van der Waals surface area contributed by atoms with Crippen molar-refractivity contribution in [3.63, 3.8) is 0 Å². The van der Waals surface area contributed by atoms with Crippen LogP contribution < -0.4 is 5.73 Å². The summed E-state index contributed by atoms with van der Waals surface area (Å²) < 4.78 is 0. The summed E-state index contributed by atoms with van der Waals surface area (Å²) in [6.45, 7) is 19.4. The molecule has 0 aliphatic carbocycles. The van der Waals surface area contributed by atoms with E-state index in [-0.39, 0.29) is 0 Å². The minimum Gasteiger partial charge on any atom is -0.330 e. The number of allylic oxidation sites excluding steroid dienone is 5. The molecule has 0 rings (SSSR count). The van der Waals surface area contributed by atoms with Crippen molar-refractivity contribution in [2.24, 2.45) is 5.73 Å². The molecule has 0 atom stereocenters. The molecule has 0 aromatic heterocycles. The third-order valence-electron chi connectivity index (χ3n) is 4.59. The van der Waals surface area contributed by atoms with Gasteiger partial charge in [0.15, 0.2) is 0 Å². The Hall–Kier alpha value is -0.386. The van der Waals surface area contributed by atoms with Gasteiger partial charge in [0.2, 0.25) is 0 Å². The van der Waals surface area contributed by atoms with Gasteiger partial charge < -0.3 is 5.73 Å². The SMILES string of the molecule is C=C(/C=C\C(=C/C)[Si](C)(C)CCCC)[Si](C)(C)CCCN. The minimum absolute atomic E-state index is 0.796. The first kappa shape index (κ1) is 20.6. The quantitative estimate of drug-likeness (QED) is 0.405. The predicted octanol–water partition coefficient (Wildman–Crippen LogP) is 5.69. The van der Waals surface area contributed by atoms with Crippen LogP contribution in [0.5, 0.6) is 0 Å². The molecule has 122 valence electrons. The molecule has 0 spiro atoms. The zero-order valence-electron chi connectivity index (χ0n) is 15.3. The normalized spacial score (nSPS) is 14.0. The summed E-state index contributed by atoms with van der Waals surface area (Å²) in [5.74, 6) is 0. The highest BCUT2D eigenvalue weighted by atomic mass is 28.3. The monoisotopic (exact) mass is 323 g/mol. The molecule has 0 fully saturated rings. The summed E-state index contributed by atoms with van der Waals surface area (Å²) in [6.07, 6.45) is 10.8. The molecule has 0 radical (unpaired) electrons. The molecular formula is C18H37NSi2. The fourth-order valence-corrected chi connectivity index (χ4v) is 7.38. The van der Waals surface area contributed by atoms with Gasteiger partial charge in [0.1, 0.15) is 0 Å². The average molecular weight is 324 g/mol. The van der Waals surface area contributed by atoms with Gasteiger partial charge in [0.05, 0.1) is 16.1 Å². The van der Waals surface area contributed by atoms with E-state index in [2.05, 4.69) is 64.8 Å². The summed E-state index contributed by atoms with van der Waals surface area (Å²) in [5, 5.41) is 2.93. The van der Waals surface area contributed by atoms with E-state index in [1.165, 1.54) is 30.1 Å². The Morgan fingerprint density at radius 1 is 1.00 bits per heavy atom. The number of nitrogens with two attached hydrogens (primary N) is 1. The summed E-state index contributed by atoms with van der Waals surface area (Å²) in [6, 6.07) is 2.63. The Labute approximate surface area is 135 Å². The van der Waals surface area contributed by atoms with Crippen LogP contribution in [0.25, 0.3) is 0 Å². The molecule has 0 heterocycles. The van der Waals surface area contributed by atoms with Crippen molar-refractivity contribution in [1.82, 2.24) is 0 Å². The Morgan fingerprint density at radius 2 is 1.57 bits per heavy atom. The van der Waals surface area contributed by atoms with Crippen LogP contribution in [0, 0.1) is 0 Å². The van der Waals surface area contributed by atoms with Crippen LogP contribution in [0.4, 0.5) is 0 Å². The number of rotatable bonds is 10. The van der Waals surface area contributed by atoms with Gasteiger partial charge in [-0.25, -0.2) is 0 Å². The van der Waals surface area contributed by atoms with E-state index < -0.39 is 16.1 Å². The van der Waals surface area contributed by atoms with Gasteiger partial charge in [-0.3, -0.25) is 0 Å². The third-order valence-corrected chi connectivity index (χ3v) is 11.7. The van der Waals surface area contributed by atoms with Gasteiger partial charge in [0.25, 0.3) is 0 Å². The van der Waals surface area contributed by atoms with Crippen LogP contribution >= 0.6 is 0 Å². The standard InChI is InChI=1S/C18H37NSi2/c1-8-10-15-21(6,7)18(9-2)13-12-17(3)20(4,5)16-11-14-19/h9,12-13H,3,8,10-11,14-16,19H2,1-2,4-7H3/b13-12-,18-9+. The van der Waals surface area contributed by atoms with E-state index in [9.17, 15) is 0 Å². The number of hydrogen-bond donors (Lipinski definition) is 1. The van der Waals surface area contributed by atoms with Crippen molar-refractivity contribution in [3.05, 3.63) is 35.2 Å². The maximum atomic E-state index is 5.65. The topological polar surface area (TPSA) is 26.0 Å². The summed E-state index contributed by atoms with van der Waals surface area (Å²) in [7, 11) is -2.64. The molecule has 0 bridgehead atoms. The van der Waals surface area contributed by atoms with Crippen molar-refractivity contribution in [2.45, 2.75) is 71.4 Å². The van der Waals surface area contributed by atoms with Crippen LogP contribution in [0.15, 0.2) is 35.2 Å². The molecule has 21 heavy (non-hydrogen) atoms. The highest BCUT2D eigenvalue weighted by Crippen LogP contribution is 2.26. The lowest BCUT2D eigenvalue weighted by atomic mass is 10.4. The van der Waals surface area contributed by atoms with Gasteiger partial charge in [-0.15, -0.1) is 0 Å². The first-order valence-corrected chi connectivity index (χ1v) is 14.9.